The Hall–Kier alpha value is -0.910. The van der Waals surface area contributed by atoms with Gasteiger partial charge in [0.2, 0.25) is 0 Å². The lowest BCUT2D eigenvalue weighted by Gasteiger charge is -2.31. The second kappa shape index (κ2) is 5.38. The summed E-state index contributed by atoms with van der Waals surface area (Å²) in [5, 5.41) is 11.9. The number of thioether (sulfide) groups is 1. The molecule has 1 aliphatic heterocycles. The predicted octanol–water partition coefficient (Wildman–Crippen LogP) is 1.39. The third-order valence-electron chi connectivity index (χ3n) is 3.86. The van der Waals surface area contributed by atoms with E-state index >= 15 is 0 Å². The minimum absolute atomic E-state index is 0.110. The second-order valence-corrected chi connectivity index (χ2v) is 6.44. The van der Waals surface area contributed by atoms with Crippen LogP contribution in [-0.2, 0) is 4.79 Å². The van der Waals surface area contributed by atoms with Gasteiger partial charge in [0.15, 0.2) is 0 Å². The highest BCUT2D eigenvalue weighted by Gasteiger charge is 2.42. The minimum atomic E-state index is -0.796. The zero-order valence-electron chi connectivity index (χ0n) is 10.6. The molecule has 2 rings (SSSR count). The van der Waals surface area contributed by atoms with Gasteiger partial charge in [0, 0.05) is 24.4 Å². The van der Waals surface area contributed by atoms with E-state index in [1.165, 1.54) is 0 Å². The second-order valence-electron chi connectivity index (χ2n) is 5.17. The fraction of sp³-hybridized carbons (Fsp3) is 0.833. The Morgan fingerprint density at radius 2 is 2.22 bits per heavy atom. The number of nitrogens with one attached hydrogen (secondary N) is 1. The van der Waals surface area contributed by atoms with E-state index in [4.69, 9.17) is 5.11 Å². The van der Waals surface area contributed by atoms with E-state index in [0.717, 1.165) is 19.3 Å². The van der Waals surface area contributed by atoms with Crippen LogP contribution >= 0.6 is 11.8 Å². The quantitative estimate of drug-likeness (QED) is 0.811. The van der Waals surface area contributed by atoms with Gasteiger partial charge in [-0.3, -0.25) is 4.79 Å². The van der Waals surface area contributed by atoms with Crippen molar-refractivity contribution in [3.05, 3.63) is 0 Å². The number of aliphatic carboxylic acids is 1. The molecule has 0 spiro atoms. The Balaban J connectivity index is 1.79. The Morgan fingerprint density at radius 1 is 1.50 bits per heavy atom. The van der Waals surface area contributed by atoms with E-state index in [1.807, 2.05) is 0 Å². The van der Waals surface area contributed by atoms with Crippen LogP contribution in [0.4, 0.5) is 4.79 Å². The van der Waals surface area contributed by atoms with Crippen molar-refractivity contribution >= 4 is 23.8 Å². The van der Waals surface area contributed by atoms with Gasteiger partial charge in [0.25, 0.3) is 0 Å². The topological polar surface area (TPSA) is 69.6 Å². The molecule has 0 aromatic heterocycles. The molecule has 2 fully saturated rings. The number of carboxylic acid groups (broad SMARTS) is 1. The van der Waals surface area contributed by atoms with Gasteiger partial charge in [-0.25, -0.2) is 4.79 Å². The lowest BCUT2D eigenvalue weighted by atomic mass is 9.99. The van der Waals surface area contributed by atoms with Crippen LogP contribution in [0.3, 0.4) is 0 Å². The fourth-order valence-electron chi connectivity index (χ4n) is 2.30. The van der Waals surface area contributed by atoms with E-state index in [0.29, 0.717) is 26.1 Å². The normalized spacial score (nSPS) is 25.6. The molecule has 102 valence electrons. The van der Waals surface area contributed by atoms with Crippen molar-refractivity contribution in [2.45, 2.75) is 30.4 Å². The van der Waals surface area contributed by atoms with Gasteiger partial charge in [-0.05, 0) is 31.9 Å². The van der Waals surface area contributed by atoms with Crippen molar-refractivity contribution in [1.29, 1.82) is 0 Å². The lowest BCUT2D eigenvalue weighted by molar-refractivity contribution is -0.143. The van der Waals surface area contributed by atoms with Crippen LogP contribution in [0.5, 0.6) is 0 Å². The molecule has 1 unspecified atom stereocenters. The van der Waals surface area contributed by atoms with Crippen LogP contribution in [0, 0.1) is 5.92 Å². The number of piperidine rings is 1. The van der Waals surface area contributed by atoms with Gasteiger partial charge in [-0.1, -0.05) is 0 Å². The van der Waals surface area contributed by atoms with E-state index in [1.54, 1.807) is 16.7 Å². The van der Waals surface area contributed by atoms with Crippen molar-refractivity contribution in [3.8, 4) is 0 Å². The number of nitrogens with zero attached hydrogens (tertiary/aromatic N) is 1. The van der Waals surface area contributed by atoms with E-state index in [-0.39, 0.29) is 10.8 Å². The van der Waals surface area contributed by atoms with Crippen LogP contribution in [0.25, 0.3) is 0 Å². The smallest absolute Gasteiger partial charge is 0.317 e. The van der Waals surface area contributed by atoms with E-state index in [2.05, 4.69) is 11.6 Å². The molecular formula is C12H20N2O3S. The SMILES string of the molecule is CSC1(CNC(=O)N2CCCC(C(=O)O)C2)CC1. The van der Waals surface area contributed by atoms with Crippen LogP contribution in [0.15, 0.2) is 0 Å². The standard InChI is InChI=1S/C12H20N2O3S/c1-18-12(4-5-12)8-13-11(17)14-6-2-3-9(7-14)10(15)16/h9H,2-8H2,1H3,(H,13,17)(H,15,16). The Bertz CT molecular complexity index is 344. The first kappa shape index (κ1) is 13.5. The molecule has 2 N–H and O–H groups in total. The first-order valence-corrected chi connectivity index (χ1v) is 7.59. The number of likely N-dealkylation sites (tertiary alicyclic amines) is 1. The maximum absolute atomic E-state index is 12.0. The molecule has 2 amide bonds. The molecule has 0 radical (unpaired) electrons. The molecule has 1 atom stereocenters. The van der Waals surface area contributed by atoms with Crippen molar-refractivity contribution < 1.29 is 14.7 Å². The lowest BCUT2D eigenvalue weighted by Crippen LogP contribution is -2.48. The van der Waals surface area contributed by atoms with E-state index < -0.39 is 11.9 Å². The number of carbonyl (C=O) groups excluding carboxylic acids is 1. The summed E-state index contributed by atoms with van der Waals surface area (Å²) in [5.41, 5.74) is 0. The third-order valence-corrected chi connectivity index (χ3v) is 5.28. The Morgan fingerprint density at radius 3 is 2.78 bits per heavy atom. The van der Waals surface area contributed by atoms with Crippen molar-refractivity contribution in [2.75, 3.05) is 25.9 Å². The molecule has 1 heterocycles. The highest BCUT2D eigenvalue weighted by atomic mass is 32.2. The number of amides is 2. The molecule has 1 saturated carbocycles. The van der Waals surface area contributed by atoms with Crippen molar-refractivity contribution in [1.82, 2.24) is 10.2 Å². The largest absolute Gasteiger partial charge is 0.481 e. The summed E-state index contributed by atoms with van der Waals surface area (Å²) >= 11 is 1.80. The zero-order valence-corrected chi connectivity index (χ0v) is 11.5. The highest BCUT2D eigenvalue weighted by Crippen LogP contribution is 2.46. The van der Waals surface area contributed by atoms with Gasteiger partial charge in [-0.15, -0.1) is 0 Å². The molecule has 18 heavy (non-hydrogen) atoms. The summed E-state index contributed by atoms with van der Waals surface area (Å²) < 4.78 is 0.248. The predicted molar refractivity (Wildman–Crippen MR) is 70.8 cm³/mol. The van der Waals surface area contributed by atoms with Crippen LogP contribution in [-0.4, -0.2) is 52.6 Å². The zero-order chi connectivity index (χ0) is 13.2. The maximum Gasteiger partial charge on any atom is 0.317 e. The fourth-order valence-corrected chi connectivity index (χ4v) is 3.03. The first-order chi connectivity index (χ1) is 8.56. The maximum atomic E-state index is 12.0. The average Bonchev–Trinajstić information content (AvgIpc) is 3.17. The summed E-state index contributed by atoms with van der Waals surface area (Å²) in [6.45, 7) is 1.70. The number of hydrogen-bond donors (Lipinski definition) is 2. The summed E-state index contributed by atoms with van der Waals surface area (Å²) in [6, 6.07) is -0.110. The molecular weight excluding hydrogens is 252 g/mol. The molecule has 5 nitrogen and oxygen atoms in total. The number of urea groups is 1. The van der Waals surface area contributed by atoms with Gasteiger partial charge >= 0.3 is 12.0 Å². The molecule has 6 heteroatoms. The molecule has 1 saturated heterocycles. The van der Waals surface area contributed by atoms with Crippen molar-refractivity contribution in [3.63, 3.8) is 0 Å². The minimum Gasteiger partial charge on any atom is -0.481 e. The van der Waals surface area contributed by atoms with Gasteiger partial charge in [-0.2, -0.15) is 11.8 Å². The van der Waals surface area contributed by atoms with Crippen LogP contribution < -0.4 is 5.32 Å². The van der Waals surface area contributed by atoms with Crippen molar-refractivity contribution in [2.24, 2.45) is 5.92 Å². The first-order valence-electron chi connectivity index (χ1n) is 6.37. The van der Waals surface area contributed by atoms with Gasteiger partial charge in [0.05, 0.1) is 5.92 Å². The number of carboxylic acids is 1. The average molecular weight is 272 g/mol. The summed E-state index contributed by atoms with van der Waals surface area (Å²) in [5.74, 6) is -1.20. The van der Waals surface area contributed by atoms with Gasteiger partial charge < -0.3 is 15.3 Å². The van der Waals surface area contributed by atoms with Crippen LogP contribution in [0.2, 0.25) is 0 Å². The highest BCUT2D eigenvalue weighted by molar-refractivity contribution is 8.00. The van der Waals surface area contributed by atoms with Gasteiger partial charge in [0.1, 0.15) is 0 Å². The summed E-state index contributed by atoms with van der Waals surface area (Å²) in [7, 11) is 0. The molecule has 0 aromatic rings. The van der Waals surface area contributed by atoms with E-state index in [9.17, 15) is 9.59 Å². The summed E-state index contributed by atoms with van der Waals surface area (Å²) in [4.78, 5) is 24.5. The molecule has 0 bridgehead atoms. The Labute approximate surface area is 111 Å². The molecule has 0 aromatic carbocycles. The molecule has 2 aliphatic rings. The number of hydrogen-bond acceptors (Lipinski definition) is 3. The Kier molecular flexibility index (Phi) is 4.04. The summed E-state index contributed by atoms with van der Waals surface area (Å²) in [6.07, 6.45) is 5.84. The van der Waals surface area contributed by atoms with Crippen LogP contribution in [0.1, 0.15) is 25.7 Å². The third kappa shape index (κ3) is 3.10. The number of rotatable bonds is 4. The molecule has 1 aliphatic carbocycles. The monoisotopic (exact) mass is 272 g/mol. The number of carbonyl (C=O) groups is 2.